The van der Waals surface area contributed by atoms with Crippen LogP contribution in [-0.2, 0) is 12.4 Å². The van der Waals surface area contributed by atoms with Crippen molar-refractivity contribution < 1.29 is 31.1 Å². The van der Waals surface area contributed by atoms with E-state index in [1.54, 1.807) is 0 Å². The number of nitrogens with zero attached hydrogens (tertiary/aromatic N) is 4. The highest BCUT2D eigenvalue weighted by Gasteiger charge is 2.33. The van der Waals surface area contributed by atoms with Gasteiger partial charge in [0.15, 0.2) is 5.65 Å². The molecule has 0 radical (unpaired) electrons. The standard InChI is InChI=1S/C20H16F6N4O/c21-19(22,23)14-5-3-12(4-6-14)18(31)29-9-1-2-13(10-29)17-28-27-16-8-7-15(11-30(16)17)20(24,25)26/h3-8,11,13H,1-2,9-10H2. The third-order valence-electron chi connectivity index (χ3n) is 5.29. The van der Waals surface area contributed by atoms with Crippen LogP contribution in [0.3, 0.4) is 0 Å². The quantitative estimate of drug-likeness (QED) is 0.537. The zero-order valence-electron chi connectivity index (χ0n) is 15.9. The molecule has 1 atom stereocenters. The third kappa shape index (κ3) is 4.21. The van der Waals surface area contributed by atoms with Crippen LogP contribution in [0.5, 0.6) is 0 Å². The van der Waals surface area contributed by atoms with Gasteiger partial charge in [-0.3, -0.25) is 9.20 Å². The summed E-state index contributed by atoms with van der Waals surface area (Å²) in [5, 5.41) is 7.94. The van der Waals surface area contributed by atoms with Gasteiger partial charge in [-0.05, 0) is 49.2 Å². The van der Waals surface area contributed by atoms with Gasteiger partial charge in [0, 0.05) is 30.8 Å². The Labute approximate surface area is 172 Å². The molecule has 1 aliphatic rings. The fraction of sp³-hybridized carbons (Fsp3) is 0.350. The zero-order chi connectivity index (χ0) is 22.4. The summed E-state index contributed by atoms with van der Waals surface area (Å²) >= 11 is 0. The minimum absolute atomic E-state index is 0.110. The molecule has 5 nitrogen and oxygen atoms in total. The second kappa shape index (κ2) is 7.54. The molecule has 1 saturated heterocycles. The lowest BCUT2D eigenvalue weighted by Gasteiger charge is -2.32. The fourth-order valence-electron chi connectivity index (χ4n) is 3.71. The number of hydrogen-bond acceptors (Lipinski definition) is 3. The Hall–Kier alpha value is -3.11. The number of rotatable bonds is 2. The first kappa shape index (κ1) is 21.1. The van der Waals surface area contributed by atoms with Crippen molar-refractivity contribution in [2.45, 2.75) is 31.1 Å². The van der Waals surface area contributed by atoms with E-state index >= 15 is 0 Å². The van der Waals surface area contributed by atoms with Crippen molar-refractivity contribution in [1.82, 2.24) is 19.5 Å². The number of fused-ring (bicyclic) bond motifs is 1. The van der Waals surface area contributed by atoms with Crippen molar-refractivity contribution in [3.63, 3.8) is 0 Å². The molecule has 1 unspecified atom stereocenters. The number of carbonyl (C=O) groups is 1. The van der Waals surface area contributed by atoms with Gasteiger partial charge in [-0.15, -0.1) is 10.2 Å². The monoisotopic (exact) mass is 442 g/mol. The molecule has 31 heavy (non-hydrogen) atoms. The molecule has 11 heteroatoms. The summed E-state index contributed by atoms with van der Waals surface area (Å²) in [5.74, 6) is -0.486. The number of aromatic nitrogens is 3. The number of amides is 1. The largest absolute Gasteiger partial charge is 0.417 e. The number of halogens is 6. The van der Waals surface area contributed by atoms with Crippen molar-refractivity contribution in [3.8, 4) is 0 Å². The lowest BCUT2D eigenvalue weighted by Crippen LogP contribution is -2.39. The highest BCUT2D eigenvalue weighted by Crippen LogP contribution is 2.32. The van der Waals surface area contributed by atoms with E-state index in [1.165, 1.54) is 15.4 Å². The summed E-state index contributed by atoms with van der Waals surface area (Å²) in [6.45, 7) is 0.567. The average molecular weight is 442 g/mol. The van der Waals surface area contributed by atoms with E-state index in [9.17, 15) is 31.1 Å². The average Bonchev–Trinajstić information content (AvgIpc) is 3.15. The van der Waals surface area contributed by atoms with E-state index in [1.807, 2.05) is 0 Å². The van der Waals surface area contributed by atoms with E-state index in [-0.39, 0.29) is 23.7 Å². The van der Waals surface area contributed by atoms with E-state index < -0.39 is 29.4 Å². The summed E-state index contributed by atoms with van der Waals surface area (Å²) in [6, 6.07) is 6.09. The Bertz CT molecular complexity index is 1100. The molecule has 3 heterocycles. The molecule has 2 aromatic heterocycles. The first-order valence-corrected chi connectivity index (χ1v) is 9.42. The van der Waals surface area contributed by atoms with Gasteiger partial charge >= 0.3 is 12.4 Å². The molecule has 0 aliphatic carbocycles. The molecule has 0 saturated carbocycles. The Morgan fingerprint density at radius 3 is 2.19 bits per heavy atom. The molecule has 0 bridgehead atoms. The number of likely N-dealkylation sites (tertiary alicyclic amines) is 1. The van der Waals surface area contributed by atoms with Crippen molar-refractivity contribution in [2.24, 2.45) is 0 Å². The number of pyridine rings is 1. The molecule has 4 rings (SSSR count). The molecule has 3 aromatic rings. The van der Waals surface area contributed by atoms with Crippen molar-refractivity contribution >= 4 is 11.6 Å². The topological polar surface area (TPSA) is 50.5 Å². The fourth-order valence-corrected chi connectivity index (χ4v) is 3.71. The lowest BCUT2D eigenvalue weighted by molar-refractivity contribution is -0.138. The van der Waals surface area contributed by atoms with Gasteiger partial charge < -0.3 is 4.90 Å². The second-order valence-corrected chi connectivity index (χ2v) is 7.37. The van der Waals surface area contributed by atoms with E-state index in [2.05, 4.69) is 10.2 Å². The Morgan fingerprint density at radius 2 is 1.55 bits per heavy atom. The number of hydrogen-bond donors (Lipinski definition) is 0. The van der Waals surface area contributed by atoms with Gasteiger partial charge in [0.25, 0.3) is 5.91 Å². The zero-order valence-corrected chi connectivity index (χ0v) is 15.9. The van der Waals surface area contributed by atoms with E-state index in [0.29, 0.717) is 25.2 Å². The maximum Gasteiger partial charge on any atom is 0.417 e. The minimum atomic E-state index is -4.52. The van der Waals surface area contributed by atoms with Crippen molar-refractivity contribution in [1.29, 1.82) is 0 Å². The van der Waals surface area contributed by atoms with Crippen molar-refractivity contribution in [3.05, 3.63) is 65.1 Å². The third-order valence-corrected chi connectivity index (χ3v) is 5.29. The maximum absolute atomic E-state index is 13.1. The Balaban J connectivity index is 1.57. The van der Waals surface area contributed by atoms with Gasteiger partial charge in [0.05, 0.1) is 11.1 Å². The Kier molecular flexibility index (Phi) is 5.14. The molecule has 1 aliphatic heterocycles. The number of alkyl halides is 6. The molecule has 1 amide bonds. The number of piperidine rings is 1. The molecule has 1 aromatic carbocycles. The number of carbonyl (C=O) groups excluding carboxylic acids is 1. The van der Waals surface area contributed by atoms with Crippen LogP contribution in [-0.4, -0.2) is 38.5 Å². The summed E-state index contributed by atoms with van der Waals surface area (Å²) < 4.78 is 78.7. The summed E-state index contributed by atoms with van der Waals surface area (Å²) in [6.07, 6.45) is -6.92. The highest BCUT2D eigenvalue weighted by atomic mass is 19.4. The predicted molar refractivity (Wildman–Crippen MR) is 97.3 cm³/mol. The SMILES string of the molecule is O=C(c1ccc(C(F)(F)F)cc1)N1CCCC(c2nnc3ccc(C(F)(F)F)cn23)C1. The van der Waals surface area contributed by atoms with Gasteiger partial charge in [0.1, 0.15) is 5.82 Å². The van der Waals surface area contributed by atoms with Crippen LogP contribution in [0.15, 0.2) is 42.6 Å². The van der Waals surface area contributed by atoms with Crippen LogP contribution >= 0.6 is 0 Å². The number of benzene rings is 1. The maximum atomic E-state index is 13.1. The van der Waals surface area contributed by atoms with Crippen LogP contribution in [0.4, 0.5) is 26.3 Å². The smallest absolute Gasteiger partial charge is 0.338 e. The van der Waals surface area contributed by atoms with Gasteiger partial charge in [-0.25, -0.2) is 0 Å². The van der Waals surface area contributed by atoms with Crippen LogP contribution in [0.2, 0.25) is 0 Å². The summed E-state index contributed by atoms with van der Waals surface area (Å²) in [7, 11) is 0. The van der Waals surface area contributed by atoms with Crippen LogP contribution in [0, 0.1) is 0 Å². The summed E-state index contributed by atoms with van der Waals surface area (Å²) in [4.78, 5) is 14.3. The predicted octanol–water partition coefficient (Wildman–Crippen LogP) is 4.79. The lowest BCUT2D eigenvalue weighted by atomic mass is 9.96. The molecule has 164 valence electrons. The van der Waals surface area contributed by atoms with Gasteiger partial charge in [0.2, 0.25) is 0 Å². The van der Waals surface area contributed by atoms with Crippen molar-refractivity contribution in [2.75, 3.05) is 13.1 Å². The summed E-state index contributed by atoms with van der Waals surface area (Å²) in [5.41, 5.74) is -1.32. The van der Waals surface area contributed by atoms with Gasteiger partial charge in [-0.2, -0.15) is 26.3 Å². The minimum Gasteiger partial charge on any atom is -0.338 e. The van der Waals surface area contributed by atoms with Crippen LogP contribution < -0.4 is 0 Å². The molecule has 0 spiro atoms. The molecule has 1 fully saturated rings. The normalized spacial score (nSPS) is 17.9. The molecular formula is C20H16F6N4O. The first-order chi connectivity index (χ1) is 14.5. The van der Waals surface area contributed by atoms with E-state index in [4.69, 9.17) is 0 Å². The van der Waals surface area contributed by atoms with Crippen LogP contribution in [0.25, 0.3) is 5.65 Å². The van der Waals surface area contributed by atoms with Crippen LogP contribution in [0.1, 0.15) is 46.1 Å². The first-order valence-electron chi connectivity index (χ1n) is 9.42. The second-order valence-electron chi connectivity index (χ2n) is 7.37. The van der Waals surface area contributed by atoms with E-state index in [0.717, 1.165) is 36.5 Å². The van der Waals surface area contributed by atoms with Gasteiger partial charge in [-0.1, -0.05) is 0 Å². The highest BCUT2D eigenvalue weighted by molar-refractivity contribution is 5.94. The molecule has 0 N–H and O–H groups in total. The Morgan fingerprint density at radius 1 is 0.903 bits per heavy atom. The molecular weight excluding hydrogens is 426 g/mol.